The van der Waals surface area contributed by atoms with Crippen molar-refractivity contribution in [2.24, 2.45) is 11.7 Å². The number of rotatable bonds is 3. The molecule has 2 N–H and O–H groups in total. The van der Waals surface area contributed by atoms with E-state index in [1.807, 2.05) is 16.9 Å². The van der Waals surface area contributed by atoms with E-state index >= 15 is 0 Å². The normalized spacial score (nSPS) is 32.2. The fourth-order valence-electron chi connectivity index (χ4n) is 1.88. The Morgan fingerprint density at radius 3 is 2.36 bits per heavy atom. The Hall–Kier alpha value is 0.518. The molecule has 0 heterocycles. The summed E-state index contributed by atoms with van der Waals surface area (Å²) in [7, 11) is 0. The Bertz CT molecular complexity index is 95.0. The van der Waals surface area contributed by atoms with Gasteiger partial charge >= 0.3 is 78.3 Å². The second-order valence-electron chi connectivity index (χ2n) is 3.71. The van der Waals surface area contributed by atoms with Crippen LogP contribution < -0.4 is 5.73 Å². The van der Waals surface area contributed by atoms with Crippen LogP contribution in [0.15, 0.2) is 0 Å². The Balaban J connectivity index is 2.07. The van der Waals surface area contributed by atoms with E-state index in [0.717, 1.165) is 17.2 Å². The minimum atomic E-state index is 0.885. The Morgan fingerprint density at radius 1 is 1.18 bits per heavy atom. The zero-order chi connectivity index (χ0) is 8.10. The van der Waals surface area contributed by atoms with Gasteiger partial charge in [-0.15, -0.1) is 0 Å². The van der Waals surface area contributed by atoms with Crippen molar-refractivity contribution < 1.29 is 0 Å². The van der Waals surface area contributed by atoms with E-state index in [4.69, 9.17) is 5.73 Å². The molecule has 0 aromatic carbocycles. The summed E-state index contributed by atoms with van der Waals surface area (Å²) in [5.74, 6) is 1.02. The van der Waals surface area contributed by atoms with Crippen molar-refractivity contribution in [2.75, 3.05) is 6.54 Å². The molecule has 66 valence electrons. The van der Waals surface area contributed by atoms with Gasteiger partial charge in [-0.25, -0.2) is 0 Å². The van der Waals surface area contributed by atoms with Crippen molar-refractivity contribution in [2.45, 2.75) is 43.2 Å². The molecule has 1 aliphatic rings. The van der Waals surface area contributed by atoms with E-state index in [1.165, 1.54) is 38.5 Å². The van der Waals surface area contributed by atoms with Crippen molar-refractivity contribution in [3.8, 4) is 0 Å². The summed E-state index contributed by atoms with van der Waals surface area (Å²) in [6.07, 6.45) is 8.54. The maximum absolute atomic E-state index is 5.48. The molecule has 0 saturated heterocycles. The third-order valence-electron chi connectivity index (χ3n) is 2.71. The summed E-state index contributed by atoms with van der Waals surface area (Å²) in [5.41, 5.74) is 5.48. The Kier molecular flexibility index (Phi) is 4.55. The Labute approximate surface area is 78.6 Å². The SMILES string of the molecule is NCCCC1CCC([AsH2])CC1. The maximum atomic E-state index is 5.48. The van der Waals surface area contributed by atoms with Crippen LogP contribution in [0.3, 0.4) is 0 Å². The average molecular weight is 217 g/mol. The fraction of sp³-hybridized carbons (Fsp3) is 1.00. The first-order valence-electron chi connectivity index (χ1n) is 4.78. The van der Waals surface area contributed by atoms with Crippen molar-refractivity contribution in [3.05, 3.63) is 0 Å². The second kappa shape index (κ2) is 5.21. The van der Waals surface area contributed by atoms with Crippen LogP contribution in [0.1, 0.15) is 38.5 Å². The van der Waals surface area contributed by atoms with Crippen molar-refractivity contribution in [3.63, 3.8) is 0 Å². The van der Waals surface area contributed by atoms with E-state index < -0.39 is 0 Å². The zero-order valence-electron chi connectivity index (χ0n) is 7.26. The molecule has 0 spiro atoms. The predicted molar refractivity (Wildman–Crippen MR) is 52.5 cm³/mol. The summed E-state index contributed by atoms with van der Waals surface area (Å²) in [5, 5.41) is 0. The first kappa shape index (κ1) is 9.61. The third kappa shape index (κ3) is 3.62. The molecular formula is C9H20AsN. The molecule has 1 unspecified atom stereocenters. The predicted octanol–water partition coefficient (Wildman–Crippen LogP) is 1.34. The van der Waals surface area contributed by atoms with Gasteiger partial charge in [0.25, 0.3) is 0 Å². The van der Waals surface area contributed by atoms with Crippen LogP contribution in [-0.4, -0.2) is 23.4 Å². The van der Waals surface area contributed by atoms with E-state index in [9.17, 15) is 0 Å². The van der Waals surface area contributed by atoms with Gasteiger partial charge in [0.2, 0.25) is 0 Å². The summed E-state index contributed by atoms with van der Waals surface area (Å²) >= 11 is 1.95. The molecule has 0 aliphatic heterocycles. The molecule has 1 atom stereocenters. The number of nitrogens with two attached hydrogens (primary N) is 1. The first-order chi connectivity index (χ1) is 5.33. The molecule has 11 heavy (non-hydrogen) atoms. The fourth-order valence-corrected chi connectivity index (χ4v) is 2.69. The summed E-state index contributed by atoms with van der Waals surface area (Å²) in [6.45, 7) is 0.885. The van der Waals surface area contributed by atoms with Crippen LogP contribution >= 0.6 is 0 Å². The average Bonchev–Trinajstić information content (AvgIpc) is 2.04. The molecule has 1 saturated carbocycles. The van der Waals surface area contributed by atoms with Gasteiger partial charge in [-0.05, 0) is 0 Å². The van der Waals surface area contributed by atoms with Crippen LogP contribution in [-0.2, 0) is 0 Å². The van der Waals surface area contributed by atoms with Gasteiger partial charge in [-0.1, -0.05) is 0 Å². The van der Waals surface area contributed by atoms with Gasteiger partial charge in [0.1, 0.15) is 0 Å². The first-order valence-corrected chi connectivity index (χ1v) is 6.18. The van der Waals surface area contributed by atoms with Gasteiger partial charge in [-0.2, -0.15) is 0 Å². The van der Waals surface area contributed by atoms with Crippen molar-refractivity contribution >= 4 is 16.9 Å². The number of hydrogen-bond donors (Lipinski definition) is 1. The van der Waals surface area contributed by atoms with Gasteiger partial charge in [0.15, 0.2) is 0 Å². The van der Waals surface area contributed by atoms with Gasteiger partial charge in [0.05, 0.1) is 0 Å². The van der Waals surface area contributed by atoms with E-state index in [0.29, 0.717) is 0 Å². The molecule has 0 aromatic heterocycles. The molecular weight excluding hydrogens is 197 g/mol. The second-order valence-corrected chi connectivity index (χ2v) is 5.69. The molecule has 0 radical (unpaired) electrons. The zero-order valence-corrected chi connectivity index (χ0v) is 9.68. The quantitative estimate of drug-likeness (QED) is 0.709. The van der Waals surface area contributed by atoms with Crippen LogP contribution in [0.4, 0.5) is 0 Å². The van der Waals surface area contributed by atoms with Crippen molar-refractivity contribution in [1.82, 2.24) is 0 Å². The summed E-state index contributed by atoms with van der Waals surface area (Å²) < 4.78 is 1.05. The van der Waals surface area contributed by atoms with Gasteiger partial charge < -0.3 is 0 Å². The summed E-state index contributed by atoms with van der Waals surface area (Å²) in [4.78, 5) is 0. The molecule has 0 bridgehead atoms. The monoisotopic (exact) mass is 217 g/mol. The van der Waals surface area contributed by atoms with E-state index in [1.54, 1.807) is 0 Å². The molecule has 1 aliphatic carbocycles. The topological polar surface area (TPSA) is 26.0 Å². The Morgan fingerprint density at radius 2 is 1.82 bits per heavy atom. The molecule has 0 aromatic rings. The van der Waals surface area contributed by atoms with E-state index in [2.05, 4.69) is 0 Å². The van der Waals surface area contributed by atoms with Crippen LogP contribution in [0, 0.1) is 5.92 Å². The standard InChI is InChI=1S/C9H20AsN/c10-9-5-3-8(4-6-9)2-1-7-11/h8-9H,1-7,10-11H2. The van der Waals surface area contributed by atoms with Crippen LogP contribution in [0.5, 0.6) is 0 Å². The van der Waals surface area contributed by atoms with Crippen LogP contribution in [0.2, 0.25) is 4.71 Å². The van der Waals surface area contributed by atoms with Gasteiger partial charge in [0, 0.05) is 0 Å². The minimum absolute atomic E-state index is 0.885. The molecule has 1 nitrogen and oxygen atoms in total. The van der Waals surface area contributed by atoms with Crippen molar-refractivity contribution in [1.29, 1.82) is 0 Å². The molecule has 2 heteroatoms. The third-order valence-corrected chi connectivity index (χ3v) is 4.11. The molecule has 1 rings (SSSR count). The summed E-state index contributed by atoms with van der Waals surface area (Å²) in [6, 6.07) is 0. The van der Waals surface area contributed by atoms with E-state index in [-0.39, 0.29) is 0 Å². The number of hydrogen-bond acceptors (Lipinski definition) is 1. The van der Waals surface area contributed by atoms with Crippen LogP contribution in [0.25, 0.3) is 0 Å². The molecule has 0 amide bonds. The van der Waals surface area contributed by atoms with Gasteiger partial charge in [-0.3, -0.25) is 0 Å². The molecule has 1 fully saturated rings.